The van der Waals surface area contributed by atoms with Gasteiger partial charge in [0, 0.05) is 38.8 Å². The van der Waals surface area contributed by atoms with Crippen LogP contribution in [0.1, 0.15) is 19.4 Å². The predicted octanol–water partition coefficient (Wildman–Crippen LogP) is 2.08. The third-order valence-electron chi connectivity index (χ3n) is 3.80. The van der Waals surface area contributed by atoms with Crippen molar-refractivity contribution in [3.8, 4) is 0 Å². The van der Waals surface area contributed by atoms with E-state index < -0.39 is 0 Å². The summed E-state index contributed by atoms with van der Waals surface area (Å²) in [5.74, 6) is -0.106. The summed E-state index contributed by atoms with van der Waals surface area (Å²) < 4.78 is 14.1. The van der Waals surface area contributed by atoms with Crippen molar-refractivity contribution in [3.05, 3.63) is 29.6 Å². The highest BCUT2D eigenvalue weighted by Crippen LogP contribution is 2.26. The molecule has 0 saturated carbocycles. The molecule has 1 saturated heterocycles. The Morgan fingerprint density at radius 2 is 1.89 bits per heavy atom. The van der Waals surface area contributed by atoms with Gasteiger partial charge in [-0.1, -0.05) is 12.1 Å². The Labute approximate surface area is 115 Å². The molecule has 0 amide bonds. The first-order chi connectivity index (χ1) is 9.13. The highest BCUT2D eigenvalue weighted by Gasteiger charge is 2.22. The summed E-state index contributed by atoms with van der Waals surface area (Å²) in [6.45, 7) is 8.94. The first-order valence-corrected chi connectivity index (χ1v) is 7.04. The van der Waals surface area contributed by atoms with Crippen molar-refractivity contribution in [1.29, 1.82) is 0 Å². The van der Waals surface area contributed by atoms with Crippen LogP contribution in [0, 0.1) is 5.82 Å². The summed E-state index contributed by atoms with van der Waals surface area (Å²) >= 11 is 0. The smallest absolute Gasteiger partial charge is 0.146 e. The van der Waals surface area contributed by atoms with Crippen LogP contribution >= 0.6 is 0 Å². The maximum atomic E-state index is 14.1. The SMILES string of the molecule is CNCc1cccc(F)c1N1CCN(C(C)C)CC1. The van der Waals surface area contributed by atoms with Crippen molar-refractivity contribution in [2.24, 2.45) is 0 Å². The normalized spacial score (nSPS) is 17.2. The molecule has 3 nitrogen and oxygen atoms in total. The molecule has 4 heteroatoms. The quantitative estimate of drug-likeness (QED) is 0.899. The second-order valence-electron chi connectivity index (χ2n) is 5.39. The van der Waals surface area contributed by atoms with Crippen LogP contribution in [0.4, 0.5) is 10.1 Å². The summed E-state index contributed by atoms with van der Waals surface area (Å²) in [7, 11) is 1.89. The number of hydrogen-bond donors (Lipinski definition) is 1. The van der Waals surface area contributed by atoms with Gasteiger partial charge >= 0.3 is 0 Å². The molecule has 1 aliphatic heterocycles. The van der Waals surface area contributed by atoms with E-state index in [2.05, 4.69) is 29.0 Å². The lowest BCUT2D eigenvalue weighted by Crippen LogP contribution is -2.49. The van der Waals surface area contributed by atoms with Gasteiger partial charge in [-0.05, 0) is 32.5 Å². The highest BCUT2D eigenvalue weighted by molar-refractivity contribution is 5.55. The van der Waals surface area contributed by atoms with Crippen molar-refractivity contribution in [1.82, 2.24) is 10.2 Å². The van der Waals surface area contributed by atoms with E-state index in [1.807, 2.05) is 13.1 Å². The van der Waals surface area contributed by atoms with Crippen LogP contribution in [-0.4, -0.2) is 44.2 Å². The minimum absolute atomic E-state index is 0.106. The topological polar surface area (TPSA) is 18.5 Å². The third kappa shape index (κ3) is 3.25. The lowest BCUT2D eigenvalue weighted by Gasteiger charge is -2.39. The summed E-state index contributed by atoms with van der Waals surface area (Å²) in [5, 5.41) is 3.11. The van der Waals surface area contributed by atoms with Crippen LogP contribution < -0.4 is 10.2 Å². The molecule has 0 aromatic heterocycles. The fourth-order valence-corrected chi connectivity index (χ4v) is 2.71. The molecule has 19 heavy (non-hydrogen) atoms. The van der Waals surface area contributed by atoms with Crippen molar-refractivity contribution >= 4 is 5.69 Å². The maximum Gasteiger partial charge on any atom is 0.146 e. The van der Waals surface area contributed by atoms with Crippen LogP contribution in [0.5, 0.6) is 0 Å². The Kier molecular flexibility index (Phi) is 4.77. The Morgan fingerprint density at radius 1 is 1.21 bits per heavy atom. The molecule has 106 valence electrons. The summed E-state index contributed by atoms with van der Waals surface area (Å²) in [6.07, 6.45) is 0. The zero-order chi connectivity index (χ0) is 13.8. The average Bonchev–Trinajstić information content (AvgIpc) is 2.39. The number of hydrogen-bond acceptors (Lipinski definition) is 3. The molecular formula is C15H24FN3. The lowest BCUT2D eigenvalue weighted by atomic mass is 10.1. The van der Waals surface area contributed by atoms with Gasteiger partial charge in [-0.2, -0.15) is 0 Å². The molecule has 1 heterocycles. The second kappa shape index (κ2) is 6.35. The Bertz CT molecular complexity index is 412. The van der Waals surface area contributed by atoms with Gasteiger partial charge in [0.1, 0.15) is 5.82 Å². The molecule has 1 aromatic carbocycles. The number of halogens is 1. The van der Waals surface area contributed by atoms with Crippen LogP contribution in [0.2, 0.25) is 0 Å². The van der Waals surface area contributed by atoms with Gasteiger partial charge in [0.15, 0.2) is 0 Å². The summed E-state index contributed by atoms with van der Waals surface area (Å²) in [6, 6.07) is 5.92. The zero-order valence-electron chi connectivity index (χ0n) is 12.1. The molecule has 1 fully saturated rings. The fraction of sp³-hybridized carbons (Fsp3) is 0.600. The van der Waals surface area contributed by atoms with E-state index in [1.165, 1.54) is 0 Å². The highest BCUT2D eigenvalue weighted by atomic mass is 19.1. The second-order valence-corrected chi connectivity index (χ2v) is 5.39. The molecule has 1 aliphatic rings. The molecule has 0 atom stereocenters. The van der Waals surface area contributed by atoms with Gasteiger partial charge in [-0.15, -0.1) is 0 Å². The van der Waals surface area contributed by atoms with E-state index in [0.717, 1.165) is 37.4 Å². The molecule has 0 bridgehead atoms. The molecular weight excluding hydrogens is 241 g/mol. The minimum Gasteiger partial charge on any atom is -0.366 e. The third-order valence-corrected chi connectivity index (χ3v) is 3.80. The van der Waals surface area contributed by atoms with Crippen LogP contribution in [-0.2, 0) is 6.54 Å². The first kappa shape index (κ1) is 14.3. The Hall–Kier alpha value is -1.13. The van der Waals surface area contributed by atoms with Gasteiger partial charge in [-0.25, -0.2) is 4.39 Å². The van der Waals surface area contributed by atoms with E-state index in [9.17, 15) is 4.39 Å². The minimum atomic E-state index is -0.106. The van der Waals surface area contributed by atoms with Crippen LogP contribution in [0.15, 0.2) is 18.2 Å². The number of piperazine rings is 1. The Balaban J connectivity index is 2.14. The number of para-hydroxylation sites is 1. The first-order valence-electron chi connectivity index (χ1n) is 7.04. The van der Waals surface area contributed by atoms with E-state index in [0.29, 0.717) is 12.6 Å². The van der Waals surface area contributed by atoms with Gasteiger partial charge in [-0.3, -0.25) is 4.90 Å². The fourth-order valence-electron chi connectivity index (χ4n) is 2.71. The largest absolute Gasteiger partial charge is 0.366 e. The van der Waals surface area contributed by atoms with Crippen molar-refractivity contribution in [3.63, 3.8) is 0 Å². The maximum absolute atomic E-state index is 14.1. The molecule has 1 N–H and O–H groups in total. The molecule has 0 spiro atoms. The van der Waals surface area contributed by atoms with Crippen molar-refractivity contribution < 1.29 is 4.39 Å². The van der Waals surface area contributed by atoms with Crippen molar-refractivity contribution in [2.45, 2.75) is 26.4 Å². The van der Waals surface area contributed by atoms with E-state index >= 15 is 0 Å². The van der Waals surface area contributed by atoms with Gasteiger partial charge < -0.3 is 10.2 Å². The number of rotatable bonds is 4. The van der Waals surface area contributed by atoms with Crippen LogP contribution in [0.25, 0.3) is 0 Å². The van der Waals surface area contributed by atoms with Gasteiger partial charge in [0.25, 0.3) is 0 Å². The number of nitrogens with one attached hydrogen (secondary N) is 1. The van der Waals surface area contributed by atoms with E-state index in [1.54, 1.807) is 12.1 Å². The Morgan fingerprint density at radius 3 is 2.47 bits per heavy atom. The standard InChI is InChI=1S/C15H24FN3/c1-12(2)18-7-9-19(10-8-18)15-13(11-17-3)5-4-6-14(15)16/h4-6,12,17H,7-11H2,1-3H3. The lowest BCUT2D eigenvalue weighted by molar-refractivity contribution is 0.209. The molecule has 2 rings (SSSR count). The number of nitrogens with zero attached hydrogens (tertiary/aromatic N) is 2. The van der Waals surface area contributed by atoms with Gasteiger partial charge in [0.05, 0.1) is 5.69 Å². The van der Waals surface area contributed by atoms with E-state index in [-0.39, 0.29) is 5.82 Å². The molecule has 0 unspecified atom stereocenters. The number of anilines is 1. The van der Waals surface area contributed by atoms with Gasteiger partial charge in [0.2, 0.25) is 0 Å². The monoisotopic (exact) mass is 265 g/mol. The predicted molar refractivity (Wildman–Crippen MR) is 78.1 cm³/mol. The molecule has 0 aliphatic carbocycles. The van der Waals surface area contributed by atoms with E-state index in [4.69, 9.17) is 0 Å². The van der Waals surface area contributed by atoms with Crippen LogP contribution in [0.3, 0.4) is 0 Å². The number of benzene rings is 1. The summed E-state index contributed by atoms with van der Waals surface area (Å²) in [4.78, 5) is 4.62. The van der Waals surface area contributed by atoms with Crippen molar-refractivity contribution in [2.75, 3.05) is 38.1 Å². The molecule has 0 radical (unpaired) electrons. The zero-order valence-corrected chi connectivity index (χ0v) is 12.1. The average molecular weight is 265 g/mol. The molecule has 1 aromatic rings. The summed E-state index contributed by atoms with van der Waals surface area (Å²) in [5.41, 5.74) is 1.82.